The number of hydrogen-bond donors (Lipinski definition) is 3. The minimum Gasteiger partial charge on any atom is -0.492 e. The number of carboxylic acid groups (broad SMARTS) is 1. The van der Waals surface area contributed by atoms with Gasteiger partial charge in [0.15, 0.2) is 0 Å². The van der Waals surface area contributed by atoms with Gasteiger partial charge in [0, 0.05) is 18.5 Å². The minimum absolute atomic E-state index is 0.00979. The van der Waals surface area contributed by atoms with Gasteiger partial charge in [0.2, 0.25) is 10.0 Å². The molecule has 0 heterocycles. The van der Waals surface area contributed by atoms with E-state index < -0.39 is 45.3 Å². The summed E-state index contributed by atoms with van der Waals surface area (Å²) < 4.78 is 33.9. The molecule has 0 spiro atoms. The average Bonchev–Trinajstić information content (AvgIpc) is 2.87. The molecule has 0 bridgehead atoms. The molecule has 0 aliphatic carbocycles. The topological polar surface area (TPSA) is 173 Å². The van der Waals surface area contributed by atoms with E-state index in [1.54, 1.807) is 6.92 Å². The highest BCUT2D eigenvalue weighted by Crippen LogP contribution is 2.27. The molecule has 12 heteroatoms. The van der Waals surface area contributed by atoms with Crippen LogP contribution in [0.2, 0.25) is 0 Å². The fourth-order valence-corrected chi connectivity index (χ4v) is 5.07. The molecular weight excluding hydrogens is 514 g/mol. The fourth-order valence-electron chi connectivity index (χ4n) is 3.77. The Morgan fingerprint density at radius 3 is 2.42 bits per heavy atom. The van der Waals surface area contributed by atoms with Crippen LogP contribution >= 0.6 is 0 Å². The Bertz CT molecular complexity index is 1470. The zero-order valence-electron chi connectivity index (χ0n) is 20.5. The molecule has 4 N–H and O–H groups in total. The maximum Gasteiger partial charge on any atom is 0.321 e. The Balaban J connectivity index is 1.92. The molecule has 0 fully saturated rings. The number of aldehydes is 1. The molecule has 0 saturated heterocycles. The van der Waals surface area contributed by atoms with Gasteiger partial charge in [0.05, 0.1) is 19.1 Å². The maximum atomic E-state index is 13.1. The largest absolute Gasteiger partial charge is 0.492 e. The first-order valence-corrected chi connectivity index (χ1v) is 13.1. The molecule has 200 valence electrons. The highest BCUT2D eigenvalue weighted by molar-refractivity contribution is 7.89. The van der Waals surface area contributed by atoms with Crippen molar-refractivity contribution in [2.45, 2.75) is 30.7 Å². The number of nitrogens with two attached hydrogens (primary N) is 1. The Morgan fingerprint density at radius 1 is 1.08 bits per heavy atom. The lowest BCUT2D eigenvalue weighted by Gasteiger charge is -2.19. The van der Waals surface area contributed by atoms with Crippen LogP contribution in [0.4, 0.5) is 4.79 Å². The third-order valence-electron chi connectivity index (χ3n) is 5.64. The minimum atomic E-state index is -4.44. The lowest BCUT2D eigenvalue weighted by Crippen LogP contribution is -2.40. The standard InChI is InChI=1S/C26H27N3O8S/c1-2-29(26(27)34)25(33)20-9-10-23(38(35,36)28-21(16-30)15-24(31)32)22(14-20)37-12-11-17-7-8-18-5-3-4-6-19(18)13-17/h3-10,13-14,16,21,28H,2,11-12,15H2,1H3,(H2,27,34)(H,31,32)/t21-/m0/s1. The number of ether oxygens (including phenoxy) is 1. The van der Waals surface area contributed by atoms with Crippen LogP contribution in [0, 0.1) is 0 Å². The van der Waals surface area contributed by atoms with Gasteiger partial charge in [-0.2, -0.15) is 0 Å². The summed E-state index contributed by atoms with van der Waals surface area (Å²) in [6.45, 7) is 1.57. The van der Waals surface area contributed by atoms with Crippen molar-refractivity contribution in [3.63, 3.8) is 0 Å². The van der Waals surface area contributed by atoms with Gasteiger partial charge in [-0.05, 0) is 41.5 Å². The van der Waals surface area contributed by atoms with Gasteiger partial charge < -0.3 is 20.4 Å². The Hall–Kier alpha value is -4.29. The molecule has 3 rings (SSSR count). The van der Waals surface area contributed by atoms with E-state index in [-0.39, 0.29) is 30.8 Å². The van der Waals surface area contributed by atoms with E-state index in [2.05, 4.69) is 0 Å². The lowest BCUT2D eigenvalue weighted by atomic mass is 10.1. The van der Waals surface area contributed by atoms with Gasteiger partial charge in [-0.3, -0.25) is 14.5 Å². The molecule has 11 nitrogen and oxygen atoms in total. The van der Waals surface area contributed by atoms with Gasteiger partial charge in [-0.25, -0.2) is 17.9 Å². The number of fused-ring (bicyclic) bond motifs is 1. The van der Waals surface area contributed by atoms with Gasteiger partial charge in [-0.1, -0.05) is 42.5 Å². The fraction of sp³-hybridized carbons (Fsp3) is 0.231. The second-order valence-electron chi connectivity index (χ2n) is 8.29. The SMILES string of the molecule is CCN(C(N)=O)C(=O)c1ccc(S(=O)(=O)N[C@H](C=O)CC(=O)O)c(OCCc2ccc3ccccc3c2)c1. The summed E-state index contributed by atoms with van der Waals surface area (Å²) in [4.78, 5) is 47.0. The van der Waals surface area contributed by atoms with Crippen LogP contribution in [-0.4, -0.2) is 61.8 Å². The van der Waals surface area contributed by atoms with Crippen molar-refractivity contribution in [2.75, 3.05) is 13.2 Å². The summed E-state index contributed by atoms with van der Waals surface area (Å²) in [6.07, 6.45) is -0.189. The van der Waals surface area contributed by atoms with Crippen molar-refractivity contribution in [1.29, 1.82) is 0 Å². The summed E-state index contributed by atoms with van der Waals surface area (Å²) in [7, 11) is -4.44. The predicted octanol–water partition coefficient (Wildman–Crippen LogP) is 2.32. The van der Waals surface area contributed by atoms with Crippen molar-refractivity contribution in [2.24, 2.45) is 5.73 Å². The zero-order valence-corrected chi connectivity index (χ0v) is 21.3. The van der Waals surface area contributed by atoms with Crippen LogP contribution in [0.3, 0.4) is 0 Å². The number of primary amides is 1. The lowest BCUT2D eigenvalue weighted by molar-refractivity contribution is -0.138. The van der Waals surface area contributed by atoms with Crippen molar-refractivity contribution in [3.05, 3.63) is 71.8 Å². The molecule has 3 aromatic carbocycles. The summed E-state index contributed by atoms with van der Waals surface area (Å²) in [5, 5.41) is 11.0. The van der Waals surface area contributed by atoms with Crippen LogP contribution in [0.1, 0.15) is 29.3 Å². The highest BCUT2D eigenvalue weighted by atomic mass is 32.2. The molecule has 0 aromatic heterocycles. The van der Waals surface area contributed by atoms with Crippen LogP contribution in [0.15, 0.2) is 65.6 Å². The number of amides is 3. The summed E-state index contributed by atoms with van der Waals surface area (Å²) in [6, 6.07) is 14.6. The first-order chi connectivity index (χ1) is 18.1. The number of carboxylic acids is 1. The number of rotatable bonds is 12. The molecule has 1 atom stereocenters. The first kappa shape index (κ1) is 28.3. The number of carbonyl (C=O) groups excluding carboxylic acids is 3. The monoisotopic (exact) mass is 541 g/mol. The third-order valence-corrected chi connectivity index (χ3v) is 7.16. The van der Waals surface area contributed by atoms with Crippen molar-refractivity contribution in [3.8, 4) is 5.75 Å². The van der Waals surface area contributed by atoms with Crippen LogP contribution in [0.25, 0.3) is 10.8 Å². The quantitative estimate of drug-likeness (QED) is 0.293. The van der Waals surface area contributed by atoms with E-state index in [4.69, 9.17) is 15.6 Å². The molecule has 3 amide bonds. The summed E-state index contributed by atoms with van der Waals surface area (Å²) in [5.41, 5.74) is 6.13. The molecule has 38 heavy (non-hydrogen) atoms. The van der Waals surface area contributed by atoms with Crippen molar-refractivity contribution < 1.29 is 37.4 Å². The Kier molecular flexibility index (Phi) is 9.16. The Morgan fingerprint density at radius 2 is 1.79 bits per heavy atom. The predicted molar refractivity (Wildman–Crippen MR) is 138 cm³/mol. The van der Waals surface area contributed by atoms with Crippen LogP contribution in [-0.2, 0) is 26.0 Å². The smallest absolute Gasteiger partial charge is 0.321 e. The number of carbonyl (C=O) groups is 4. The molecule has 0 aliphatic heterocycles. The number of benzene rings is 3. The number of aliphatic carboxylic acids is 1. The zero-order chi connectivity index (χ0) is 27.9. The van der Waals surface area contributed by atoms with Gasteiger partial charge >= 0.3 is 12.0 Å². The van der Waals surface area contributed by atoms with Crippen LogP contribution in [0.5, 0.6) is 5.75 Å². The molecular formula is C26H27N3O8S. The van der Waals surface area contributed by atoms with E-state index in [0.29, 0.717) is 6.42 Å². The van der Waals surface area contributed by atoms with Gasteiger partial charge in [-0.15, -0.1) is 0 Å². The third kappa shape index (κ3) is 6.93. The van der Waals surface area contributed by atoms with E-state index in [0.717, 1.165) is 33.4 Å². The normalized spacial score (nSPS) is 12.0. The average molecular weight is 542 g/mol. The van der Waals surface area contributed by atoms with E-state index >= 15 is 0 Å². The number of hydrogen-bond acceptors (Lipinski definition) is 7. The number of nitrogens with zero attached hydrogens (tertiary/aromatic N) is 1. The summed E-state index contributed by atoms with van der Waals surface area (Å²) >= 11 is 0. The second-order valence-corrected chi connectivity index (χ2v) is 9.97. The molecule has 0 saturated carbocycles. The first-order valence-electron chi connectivity index (χ1n) is 11.6. The second kappa shape index (κ2) is 12.3. The molecule has 0 radical (unpaired) electrons. The number of urea groups is 1. The molecule has 0 unspecified atom stereocenters. The Labute approximate surface area is 219 Å². The van der Waals surface area contributed by atoms with E-state index in [1.807, 2.05) is 47.2 Å². The van der Waals surface area contributed by atoms with E-state index in [1.165, 1.54) is 6.07 Å². The number of nitrogens with one attached hydrogen (secondary N) is 1. The summed E-state index contributed by atoms with van der Waals surface area (Å²) in [5.74, 6) is -2.35. The van der Waals surface area contributed by atoms with Crippen molar-refractivity contribution >= 4 is 45.0 Å². The maximum absolute atomic E-state index is 13.1. The van der Waals surface area contributed by atoms with E-state index in [9.17, 15) is 27.6 Å². The highest BCUT2D eigenvalue weighted by Gasteiger charge is 2.27. The molecule has 3 aromatic rings. The van der Waals surface area contributed by atoms with Gasteiger partial charge in [0.1, 0.15) is 16.9 Å². The van der Waals surface area contributed by atoms with Crippen molar-refractivity contribution in [1.82, 2.24) is 9.62 Å². The molecule has 0 aliphatic rings. The van der Waals surface area contributed by atoms with Crippen LogP contribution < -0.4 is 15.2 Å². The van der Waals surface area contributed by atoms with Gasteiger partial charge in [0.25, 0.3) is 5.91 Å². The number of imide groups is 1. The number of sulfonamides is 1.